The average Bonchev–Trinajstić information content (AvgIpc) is 3.35. The van der Waals surface area contributed by atoms with Crippen molar-refractivity contribution in [3.63, 3.8) is 0 Å². The van der Waals surface area contributed by atoms with Gasteiger partial charge in [-0.3, -0.25) is 19.1 Å². The minimum absolute atomic E-state index is 0.0103. The molecule has 3 heterocycles. The highest BCUT2D eigenvalue weighted by Gasteiger charge is 2.67. The molecule has 1 saturated heterocycles. The molecule has 1 aliphatic carbocycles. The number of hydrogen-bond acceptors (Lipinski definition) is 8. The van der Waals surface area contributed by atoms with E-state index in [0.717, 1.165) is 36.8 Å². The van der Waals surface area contributed by atoms with E-state index in [9.17, 15) is 28.6 Å². The number of carbonyl (C=O) groups excluding carboxylic acids is 4. The van der Waals surface area contributed by atoms with Gasteiger partial charge >= 0.3 is 19.8 Å². The monoisotopic (exact) mass is 704 g/mol. The van der Waals surface area contributed by atoms with Crippen molar-refractivity contribution in [2.24, 2.45) is 17.3 Å². The number of ether oxygens (including phenoxy) is 2. The van der Waals surface area contributed by atoms with Gasteiger partial charge in [0, 0.05) is 19.5 Å². The predicted molar refractivity (Wildman–Crippen MR) is 181 cm³/mol. The molecule has 1 aromatic rings. The lowest BCUT2D eigenvalue weighted by Crippen LogP contribution is -2.58. The maximum atomic E-state index is 14.4. The van der Waals surface area contributed by atoms with Crippen LogP contribution < -0.4 is 10.6 Å². The summed E-state index contributed by atoms with van der Waals surface area (Å²) < 4.78 is 30.1. The Kier molecular flexibility index (Phi) is 11.1. The summed E-state index contributed by atoms with van der Waals surface area (Å²) in [5, 5.41) is 4.08. The molecule has 1 aromatic carbocycles. The fourth-order valence-electron chi connectivity index (χ4n) is 7.49. The van der Waals surface area contributed by atoms with E-state index < -0.39 is 60.5 Å². The second kappa shape index (κ2) is 14.6. The third kappa shape index (κ3) is 7.94. The summed E-state index contributed by atoms with van der Waals surface area (Å²) in [6.45, 7) is 11.8. The number of fused-ring (bicyclic) bond motifs is 3. The lowest BCUT2D eigenvalue weighted by Gasteiger charge is -2.35. The number of aryl methyl sites for hydroxylation is 1. The average molecular weight is 705 g/mol. The molecule has 7 atom stereocenters. The van der Waals surface area contributed by atoms with Gasteiger partial charge < -0.3 is 34.4 Å². The van der Waals surface area contributed by atoms with Crippen molar-refractivity contribution in [1.29, 1.82) is 0 Å². The number of rotatable bonds is 6. The van der Waals surface area contributed by atoms with E-state index in [4.69, 9.17) is 14.0 Å². The fraction of sp³-hybridized carbons (Fsp3) is 0.714. The Morgan fingerprint density at radius 3 is 2.57 bits per heavy atom. The Morgan fingerprint density at radius 1 is 1.16 bits per heavy atom. The van der Waals surface area contributed by atoms with Gasteiger partial charge in [0.15, 0.2) is 0 Å². The van der Waals surface area contributed by atoms with Crippen molar-refractivity contribution in [2.45, 2.75) is 123 Å². The Balaban J connectivity index is 1.44. The summed E-state index contributed by atoms with van der Waals surface area (Å²) in [6, 6.07) is 3.91. The molecule has 3 aliphatic heterocycles. The Morgan fingerprint density at radius 2 is 1.90 bits per heavy atom. The molecule has 1 unspecified atom stereocenters. The third-order valence-corrected chi connectivity index (χ3v) is 12.7. The van der Waals surface area contributed by atoms with Crippen LogP contribution in [0, 0.1) is 17.3 Å². The van der Waals surface area contributed by atoms with Crippen molar-refractivity contribution in [3.8, 4) is 0 Å². The van der Waals surface area contributed by atoms with Gasteiger partial charge in [-0.15, -0.1) is 0 Å². The van der Waals surface area contributed by atoms with E-state index in [1.165, 1.54) is 10.5 Å². The van der Waals surface area contributed by atoms with Crippen LogP contribution in [-0.2, 0) is 47.7 Å². The zero-order valence-electron chi connectivity index (χ0n) is 29.7. The van der Waals surface area contributed by atoms with Crippen molar-refractivity contribution in [1.82, 2.24) is 20.4 Å². The maximum Gasteiger partial charge on any atom is 0.410 e. The largest absolute Gasteiger partial charge is 0.449 e. The molecule has 3 N–H and O–H groups in total. The number of hydrogen-bond donors (Lipinski definition) is 3. The van der Waals surface area contributed by atoms with Gasteiger partial charge in [0.2, 0.25) is 11.8 Å². The molecule has 1 saturated carbocycles. The van der Waals surface area contributed by atoms with Crippen molar-refractivity contribution in [3.05, 3.63) is 34.9 Å². The number of carbonyl (C=O) groups is 4. The Labute approximate surface area is 289 Å². The van der Waals surface area contributed by atoms with E-state index in [-0.39, 0.29) is 44.4 Å². The molecule has 4 bridgehead atoms. The summed E-state index contributed by atoms with van der Waals surface area (Å²) in [7, 11) is -4.26. The standard InChI is InChI=1S/C35H53N4O9P/c1-7-25-17-35(25,49(44,45)47-8-2)37-30(40)28-16-26-19-39(28)31(41)29(34(4,5)6)36-32(42)46-21-22(3)12-9-10-13-23-14-11-15-24-18-38(20-27(23)24)33(43)48-26/h11,14-15,22,25-26,28-29H,7-10,12-13,16-21H2,1-6H3,(H,36,42)(H,37,40)(H,44,45)/t22-,25+,26-,28+,29-,35+/m1/s1. The lowest BCUT2D eigenvalue weighted by atomic mass is 9.85. The molecule has 4 amide bonds. The normalized spacial score (nSPS) is 30.9. The number of nitrogens with one attached hydrogen (secondary N) is 2. The van der Waals surface area contributed by atoms with Gasteiger partial charge in [0.05, 0.1) is 19.8 Å². The molecule has 2 fully saturated rings. The van der Waals surface area contributed by atoms with Crippen molar-refractivity contribution < 1.29 is 42.6 Å². The molecule has 4 aliphatic rings. The van der Waals surface area contributed by atoms with Crippen LogP contribution in [0.25, 0.3) is 0 Å². The molecule has 0 spiro atoms. The molecule has 49 heavy (non-hydrogen) atoms. The maximum absolute atomic E-state index is 14.4. The lowest BCUT2D eigenvalue weighted by molar-refractivity contribution is -0.142. The van der Waals surface area contributed by atoms with Crippen LogP contribution in [-0.4, -0.2) is 81.9 Å². The summed E-state index contributed by atoms with van der Waals surface area (Å²) in [5.41, 5.74) is 2.61. The smallest absolute Gasteiger partial charge is 0.410 e. The van der Waals surface area contributed by atoms with Gasteiger partial charge in [-0.25, -0.2) is 9.59 Å². The summed E-state index contributed by atoms with van der Waals surface area (Å²) in [5.74, 6) is -1.35. The second-order valence-electron chi connectivity index (χ2n) is 15.2. The van der Waals surface area contributed by atoms with E-state index in [2.05, 4.69) is 16.7 Å². The first-order valence-electron chi connectivity index (χ1n) is 17.7. The number of benzene rings is 1. The van der Waals surface area contributed by atoms with Gasteiger partial charge in [-0.05, 0) is 66.5 Å². The number of alkyl carbamates (subject to hydrolysis) is 1. The zero-order valence-corrected chi connectivity index (χ0v) is 30.6. The second-order valence-corrected chi connectivity index (χ2v) is 17.3. The van der Waals surface area contributed by atoms with Gasteiger partial charge in [0.1, 0.15) is 23.5 Å². The number of cyclic esters (lactones) is 1. The molecule has 5 rings (SSSR count). The van der Waals surface area contributed by atoms with Crippen LogP contribution in [0.3, 0.4) is 0 Å². The molecule has 272 valence electrons. The first-order chi connectivity index (χ1) is 23.1. The first-order valence-corrected chi connectivity index (χ1v) is 19.3. The molecular formula is C35H53N4O9P. The fourth-order valence-corrected chi connectivity index (χ4v) is 9.41. The van der Waals surface area contributed by atoms with Crippen molar-refractivity contribution in [2.75, 3.05) is 19.8 Å². The van der Waals surface area contributed by atoms with Gasteiger partial charge in [0.25, 0.3) is 0 Å². The Hall–Kier alpha value is -3.15. The molecular weight excluding hydrogens is 651 g/mol. The highest BCUT2D eigenvalue weighted by molar-refractivity contribution is 7.55. The minimum atomic E-state index is -4.26. The van der Waals surface area contributed by atoms with Crippen molar-refractivity contribution >= 4 is 31.6 Å². The number of amides is 4. The molecule has 14 heteroatoms. The van der Waals surface area contributed by atoms with Crippen LogP contribution in [0.2, 0.25) is 0 Å². The van der Waals surface area contributed by atoms with Crippen LogP contribution in [0.4, 0.5) is 9.59 Å². The van der Waals surface area contributed by atoms with Crippen LogP contribution in [0.5, 0.6) is 0 Å². The SMILES string of the molecule is CCOP(=O)(O)[C@@]1(NC(=O)[C@@H]2C[C@@H]3CN2C(=O)[C@H](C(C)(C)C)NC(=O)OC[C@H](C)CCCCc2cccc4c2CN(C4)C(=O)O3)C[C@@H]1CC. The van der Waals surface area contributed by atoms with E-state index in [1.807, 2.05) is 26.0 Å². The highest BCUT2D eigenvalue weighted by atomic mass is 31.2. The van der Waals surface area contributed by atoms with Gasteiger partial charge in [-0.2, -0.15) is 0 Å². The highest BCUT2D eigenvalue weighted by Crippen LogP contribution is 2.70. The summed E-state index contributed by atoms with van der Waals surface area (Å²) in [6.07, 6.45) is 2.30. The third-order valence-electron chi connectivity index (χ3n) is 10.4. The topological polar surface area (TPSA) is 164 Å². The minimum Gasteiger partial charge on any atom is -0.449 e. The zero-order chi connectivity index (χ0) is 35.7. The summed E-state index contributed by atoms with van der Waals surface area (Å²) >= 11 is 0. The van der Waals surface area contributed by atoms with Crippen LogP contribution in [0.1, 0.15) is 96.8 Å². The van der Waals surface area contributed by atoms with E-state index >= 15 is 0 Å². The first kappa shape index (κ1) is 37.1. The quantitative estimate of drug-likeness (QED) is 0.343. The van der Waals surface area contributed by atoms with Gasteiger partial charge in [-0.1, -0.05) is 65.7 Å². The molecule has 0 aromatic heterocycles. The molecule has 0 radical (unpaired) electrons. The van der Waals surface area contributed by atoms with E-state index in [0.29, 0.717) is 19.5 Å². The Bertz CT molecular complexity index is 1480. The predicted octanol–water partition coefficient (Wildman–Crippen LogP) is 5.08. The summed E-state index contributed by atoms with van der Waals surface area (Å²) in [4.78, 5) is 68.9. The van der Waals surface area contributed by atoms with Crippen LogP contribution in [0.15, 0.2) is 18.2 Å². The number of nitrogens with zero attached hydrogens (tertiary/aromatic N) is 2. The van der Waals surface area contributed by atoms with Crippen LogP contribution >= 0.6 is 7.60 Å². The van der Waals surface area contributed by atoms with E-state index in [1.54, 1.807) is 32.6 Å². The molecule has 13 nitrogen and oxygen atoms in total.